The summed E-state index contributed by atoms with van der Waals surface area (Å²) in [4.78, 5) is 1.43. The van der Waals surface area contributed by atoms with Crippen molar-refractivity contribution in [1.29, 1.82) is 0 Å². The second kappa shape index (κ2) is 19.7. The minimum Gasteiger partial charge on any atom is -0.334 e. The van der Waals surface area contributed by atoms with E-state index in [1.54, 1.807) is 12.2 Å². The average Bonchev–Trinajstić information content (AvgIpc) is 3.89. The Kier molecular flexibility index (Phi) is 8.48. The van der Waals surface area contributed by atoms with Gasteiger partial charge < -0.3 is 4.90 Å². The fourth-order valence-electron chi connectivity index (χ4n) is 8.32. The summed E-state index contributed by atoms with van der Waals surface area (Å²) in [6, 6.07) is 27.6. The number of anilines is 2. The molecule has 6 aromatic rings. The van der Waals surface area contributed by atoms with E-state index in [-0.39, 0.29) is 35.5 Å². The van der Waals surface area contributed by atoms with Gasteiger partial charge in [0.1, 0.15) is 0 Å². The highest BCUT2D eigenvalue weighted by Crippen LogP contribution is 2.57. The van der Waals surface area contributed by atoms with Gasteiger partial charge in [0.2, 0.25) is 0 Å². The smallest absolute Gasteiger partial charge is 0.0714 e. The lowest BCUT2D eigenvalue weighted by Crippen LogP contribution is -2.31. The molecule has 0 saturated heterocycles. The van der Waals surface area contributed by atoms with Crippen molar-refractivity contribution in [2.75, 3.05) is 4.90 Å². The van der Waals surface area contributed by atoms with Gasteiger partial charge in [0.25, 0.3) is 0 Å². The molecule has 0 fully saturated rings. The van der Waals surface area contributed by atoms with Crippen molar-refractivity contribution in [2.24, 2.45) is 0 Å². The molecule has 0 radical (unpaired) electrons. The summed E-state index contributed by atoms with van der Waals surface area (Å²) in [5, 5.41) is 0. The highest BCUT2D eigenvalue weighted by molar-refractivity contribution is 5.89. The molecule has 0 amide bonds. The van der Waals surface area contributed by atoms with Crippen molar-refractivity contribution in [1.82, 2.24) is 0 Å². The molecule has 5 atom stereocenters. The van der Waals surface area contributed by atoms with Gasteiger partial charge in [0.05, 0.1) is 27.9 Å². The first-order valence-electron chi connectivity index (χ1n) is 29.5. The van der Waals surface area contributed by atoms with E-state index in [4.69, 9.17) is 11.0 Å². The summed E-state index contributed by atoms with van der Waals surface area (Å²) in [5.41, 5.74) is 3.69. The molecule has 2 aliphatic rings. The zero-order chi connectivity index (χ0) is 57.7. The molecule has 0 aromatic heterocycles. The Labute approximate surface area is 404 Å². The summed E-state index contributed by atoms with van der Waals surface area (Å²) in [7, 11) is 0. The van der Waals surface area contributed by atoms with Gasteiger partial charge in [-0.2, -0.15) is 0 Å². The van der Waals surface area contributed by atoms with E-state index in [1.165, 1.54) is 4.90 Å². The summed E-state index contributed by atoms with van der Waals surface area (Å²) in [6.45, 7) is 10.1. The van der Waals surface area contributed by atoms with Crippen molar-refractivity contribution in [3.63, 3.8) is 0 Å². The van der Waals surface area contributed by atoms with Crippen LogP contribution in [0.15, 0.2) is 245 Å². The average molecular weight is 844 g/mol. The second-order valence-corrected chi connectivity index (χ2v) is 15.1. The van der Waals surface area contributed by atoms with E-state index >= 15 is 0 Å². The lowest BCUT2D eigenvalue weighted by Gasteiger charge is -2.36. The van der Waals surface area contributed by atoms with Crippen molar-refractivity contribution in [2.45, 2.75) is 43.5 Å². The maximum Gasteiger partial charge on any atom is 0.0714 e. The SMILES string of the molecule is [2H]C=C([2H])C([2H])C([2H])C(=C[2H])C(=C[2H])C([2H])C([2H])C(=C[2H])c1c([2H])c([2H])c(N(c2c([2H])c([2H])c3c(c2[2H])C(c2ccccc2)(c2ccccc2)c2ccccc2-3)C2C=CC(c3ccc(/C=C\C=C)c(/C=C\C=C)c3)=CC2)c([2H])c1[2H]. The summed E-state index contributed by atoms with van der Waals surface area (Å²) in [6.07, 6.45) is 9.45. The lowest BCUT2D eigenvalue weighted by molar-refractivity contribution is 0.761. The predicted molar refractivity (Wildman–Crippen MR) is 279 cm³/mol. The predicted octanol–water partition coefficient (Wildman–Crippen LogP) is 16.9. The molecule has 0 heterocycles. The highest BCUT2D eigenvalue weighted by Gasteiger charge is 2.46. The Hall–Kier alpha value is -7.48. The number of fused-ring (bicyclic) bond motifs is 3. The van der Waals surface area contributed by atoms with Crippen LogP contribution in [0.1, 0.15) is 98.4 Å². The number of hydrogen-bond donors (Lipinski definition) is 0. The van der Waals surface area contributed by atoms with Crippen LogP contribution in [0.25, 0.3) is 34.4 Å². The molecule has 2 aliphatic carbocycles. The molecule has 0 aliphatic heterocycles. The van der Waals surface area contributed by atoms with E-state index in [2.05, 4.69) is 13.2 Å². The first-order chi connectivity index (χ1) is 38.5. The molecule has 5 unspecified atom stereocenters. The van der Waals surface area contributed by atoms with Gasteiger partial charge in [-0.25, -0.2) is 0 Å². The third kappa shape index (κ3) is 8.63. The molecular weight excluding hydrogens is 771 g/mol. The van der Waals surface area contributed by atoms with Crippen LogP contribution in [0, 0.1) is 0 Å². The Morgan fingerprint density at radius 3 is 2.08 bits per heavy atom. The molecule has 8 rings (SSSR count). The van der Waals surface area contributed by atoms with Gasteiger partial charge in [0.15, 0.2) is 0 Å². The first-order valence-corrected chi connectivity index (χ1v) is 20.9. The zero-order valence-electron chi connectivity index (χ0n) is 51.3. The van der Waals surface area contributed by atoms with Crippen LogP contribution in [-0.4, -0.2) is 6.04 Å². The molecule has 0 spiro atoms. The standard InChI is InChI=1S/C63H57N/c1-7-10-21-46(4)47(5)30-31-48(6)49-34-38-56(39-35-49)64(57-40-36-51(37-41-57)53-33-32-50(22-11-8-2)52(44-53)23-12-9-3)58-42-43-60-59-28-19-20-29-61(59)63(62(60)45-58,54-24-15-13-16-25-54)55-26-17-14-18-27-55/h7-9,11-20,22-29,32-40,42-45,57H,1-6,10,21,30-31,41H2/b22-11-,23-12-/i1D,4D,5D,6D,7D,10D,21D,30D,31D,34D,35D,38D,39D,42D,43D,45D/b7-1?,22-11-,23-12-,46-4?,47-5?,48-6?. The van der Waals surface area contributed by atoms with Gasteiger partial charge in [0, 0.05) is 16.9 Å². The quantitative estimate of drug-likeness (QED) is 0.0614. The number of rotatable bonds is 18. The Balaban J connectivity index is 1.36. The number of nitrogens with zero attached hydrogens (tertiary/aromatic N) is 1. The van der Waals surface area contributed by atoms with Crippen LogP contribution in [0.4, 0.5) is 11.4 Å². The summed E-state index contributed by atoms with van der Waals surface area (Å²) < 4.78 is 145. The number of hydrogen-bond acceptors (Lipinski definition) is 1. The molecule has 64 heavy (non-hydrogen) atoms. The molecule has 0 saturated carbocycles. The van der Waals surface area contributed by atoms with Gasteiger partial charge in [-0.3, -0.25) is 0 Å². The van der Waals surface area contributed by atoms with Gasteiger partial charge >= 0.3 is 0 Å². The second-order valence-electron chi connectivity index (χ2n) is 15.1. The first kappa shape index (κ1) is 27.6. The van der Waals surface area contributed by atoms with Gasteiger partial charge in [-0.05, 0) is 129 Å². The number of allylic oxidation sites excluding steroid dienone is 10. The molecule has 0 bridgehead atoms. The highest BCUT2D eigenvalue weighted by atomic mass is 15.2. The molecule has 6 aromatic carbocycles. The van der Waals surface area contributed by atoms with E-state index in [0.29, 0.717) is 42.9 Å². The van der Waals surface area contributed by atoms with Crippen LogP contribution in [-0.2, 0) is 5.41 Å². The third-order valence-electron chi connectivity index (χ3n) is 11.4. The van der Waals surface area contributed by atoms with Crippen LogP contribution in [0.2, 0.25) is 0 Å². The molecular formula is C63H57N. The summed E-state index contributed by atoms with van der Waals surface area (Å²) in [5.74, 6) is 0. The summed E-state index contributed by atoms with van der Waals surface area (Å²) >= 11 is 0. The van der Waals surface area contributed by atoms with E-state index < -0.39 is 90.0 Å². The van der Waals surface area contributed by atoms with E-state index in [1.807, 2.05) is 146 Å². The fourth-order valence-corrected chi connectivity index (χ4v) is 8.32. The van der Waals surface area contributed by atoms with Crippen LogP contribution >= 0.6 is 0 Å². The van der Waals surface area contributed by atoms with E-state index in [9.17, 15) is 11.0 Å². The van der Waals surface area contributed by atoms with Crippen molar-refractivity contribution in [3.05, 3.63) is 289 Å². The van der Waals surface area contributed by atoms with Crippen LogP contribution < -0.4 is 4.90 Å². The molecule has 1 heteroatoms. The molecule has 1 nitrogen and oxygen atoms in total. The maximum absolute atomic E-state index is 10.6. The topological polar surface area (TPSA) is 3.24 Å². The third-order valence-corrected chi connectivity index (χ3v) is 11.4. The lowest BCUT2D eigenvalue weighted by atomic mass is 9.67. The zero-order valence-corrected chi connectivity index (χ0v) is 35.3. The Bertz CT molecular complexity index is 3560. The minimum atomic E-state index is -1.93. The maximum atomic E-state index is 10.6. The van der Waals surface area contributed by atoms with Gasteiger partial charge in [-0.15, -0.1) is 6.55 Å². The van der Waals surface area contributed by atoms with Gasteiger partial charge in [-0.1, -0.05) is 220 Å². The normalized spacial score (nSPS) is 21.6. The van der Waals surface area contributed by atoms with Crippen molar-refractivity contribution < 1.29 is 21.9 Å². The monoisotopic (exact) mass is 844 g/mol. The van der Waals surface area contributed by atoms with Crippen LogP contribution in [0.5, 0.6) is 0 Å². The molecule has 0 N–H and O–H groups in total. The molecule has 314 valence electrons. The van der Waals surface area contributed by atoms with Crippen LogP contribution in [0.3, 0.4) is 0 Å². The largest absolute Gasteiger partial charge is 0.334 e. The minimum absolute atomic E-state index is 0.145. The Morgan fingerprint density at radius 2 is 1.41 bits per heavy atom. The number of benzene rings is 6. The van der Waals surface area contributed by atoms with Crippen molar-refractivity contribution >= 4 is 34.7 Å². The van der Waals surface area contributed by atoms with E-state index in [0.717, 1.165) is 39.0 Å². The Morgan fingerprint density at radius 1 is 0.719 bits per heavy atom. The fraction of sp³-hybridized carbons (Fsp3) is 0.111. The van der Waals surface area contributed by atoms with Crippen molar-refractivity contribution in [3.8, 4) is 11.1 Å².